The van der Waals surface area contributed by atoms with E-state index in [9.17, 15) is 15.0 Å². The second-order valence-electron chi connectivity index (χ2n) is 4.97. The minimum Gasteiger partial charge on any atom is -0.388 e. The summed E-state index contributed by atoms with van der Waals surface area (Å²) in [6.07, 6.45) is -2.00. The van der Waals surface area contributed by atoms with Gasteiger partial charge >= 0.3 is 0 Å². The Kier molecular flexibility index (Phi) is 3.30. The molecule has 5 nitrogen and oxygen atoms in total. The van der Waals surface area contributed by atoms with E-state index in [1.807, 2.05) is 0 Å². The summed E-state index contributed by atoms with van der Waals surface area (Å²) in [5.41, 5.74) is -0.287. The Morgan fingerprint density at radius 1 is 1.25 bits per heavy atom. The molecular weight excluding hydrogens is 282 g/mol. The molecule has 1 aromatic carbocycles. The van der Waals surface area contributed by atoms with Crippen molar-refractivity contribution < 1.29 is 14.9 Å². The molecule has 1 fully saturated rings. The van der Waals surface area contributed by atoms with Crippen molar-refractivity contribution in [1.29, 1.82) is 0 Å². The van der Waals surface area contributed by atoms with Gasteiger partial charge in [0.1, 0.15) is 12.2 Å². The van der Waals surface area contributed by atoms with Crippen molar-refractivity contribution in [3.05, 3.63) is 45.8 Å². The van der Waals surface area contributed by atoms with Crippen molar-refractivity contribution in [2.45, 2.75) is 31.5 Å². The highest BCUT2D eigenvalue weighted by Crippen LogP contribution is 2.28. The van der Waals surface area contributed by atoms with Crippen LogP contribution >= 0.6 is 11.6 Å². The van der Waals surface area contributed by atoms with E-state index in [1.165, 1.54) is 4.57 Å². The van der Waals surface area contributed by atoms with Crippen molar-refractivity contribution in [2.24, 2.45) is 0 Å². The monoisotopic (exact) mass is 295 g/mol. The number of aliphatic hydroxyl groups is 2. The van der Waals surface area contributed by atoms with Gasteiger partial charge in [-0.2, -0.15) is 0 Å². The number of benzene rings is 1. The molecule has 0 amide bonds. The van der Waals surface area contributed by atoms with E-state index >= 15 is 0 Å². The maximum atomic E-state index is 12.4. The number of aliphatic hydroxyl groups excluding tert-OH is 2. The summed E-state index contributed by atoms with van der Waals surface area (Å²) in [6.45, 7) is 1.65. The lowest BCUT2D eigenvalue weighted by Crippen LogP contribution is -2.34. The van der Waals surface area contributed by atoms with Crippen LogP contribution in [0.3, 0.4) is 0 Å². The maximum Gasteiger partial charge on any atom is 0.260 e. The van der Waals surface area contributed by atoms with Crippen LogP contribution in [0.2, 0.25) is 5.02 Å². The van der Waals surface area contributed by atoms with Crippen molar-refractivity contribution in [1.82, 2.24) is 4.57 Å². The highest BCUT2D eigenvalue weighted by Gasteiger charge is 2.41. The van der Waals surface area contributed by atoms with Gasteiger partial charge in [0, 0.05) is 16.6 Å². The zero-order valence-electron chi connectivity index (χ0n) is 10.7. The van der Waals surface area contributed by atoms with Gasteiger partial charge in [-0.25, -0.2) is 0 Å². The molecule has 2 heterocycles. The normalized spacial score (nSPS) is 30.0. The van der Waals surface area contributed by atoms with Gasteiger partial charge in [0.15, 0.2) is 6.23 Å². The Labute approximate surface area is 120 Å². The van der Waals surface area contributed by atoms with Crippen molar-refractivity contribution in [2.75, 3.05) is 0 Å². The Hall–Kier alpha value is -1.40. The molecule has 0 radical (unpaired) electrons. The number of rotatable bonds is 1. The topological polar surface area (TPSA) is 71.7 Å². The lowest BCUT2D eigenvalue weighted by atomic mass is 10.1. The summed E-state index contributed by atoms with van der Waals surface area (Å²) >= 11 is 5.89. The van der Waals surface area contributed by atoms with Gasteiger partial charge in [-0.1, -0.05) is 11.6 Å². The van der Waals surface area contributed by atoms with Crippen LogP contribution in [0.1, 0.15) is 13.2 Å². The number of ether oxygens (including phenoxy) is 1. The van der Waals surface area contributed by atoms with Gasteiger partial charge in [0.05, 0.1) is 6.10 Å². The average molecular weight is 296 g/mol. The van der Waals surface area contributed by atoms with Crippen LogP contribution in [0, 0.1) is 0 Å². The van der Waals surface area contributed by atoms with Crippen molar-refractivity contribution in [3.63, 3.8) is 0 Å². The maximum absolute atomic E-state index is 12.4. The van der Waals surface area contributed by atoms with Gasteiger partial charge < -0.3 is 14.9 Å². The molecule has 1 aliphatic heterocycles. The molecule has 2 N–H and O–H groups in total. The van der Waals surface area contributed by atoms with Gasteiger partial charge in [0.25, 0.3) is 5.56 Å². The molecule has 0 spiro atoms. The fourth-order valence-corrected chi connectivity index (χ4v) is 2.67. The Morgan fingerprint density at radius 2 is 2.00 bits per heavy atom. The zero-order chi connectivity index (χ0) is 14.4. The molecule has 106 valence electrons. The predicted molar refractivity (Wildman–Crippen MR) is 74.8 cm³/mol. The van der Waals surface area contributed by atoms with E-state index in [0.29, 0.717) is 10.4 Å². The largest absolute Gasteiger partial charge is 0.388 e. The molecule has 1 aliphatic rings. The van der Waals surface area contributed by atoms with Crippen molar-refractivity contribution in [3.8, 4) is 0 Å². The van der Waals surface area contributed by atoms with E-state index in [4.69, 9.17) is 16.3 Å². The molecule has 2 aromatic rings. The third kappa shape index (κ3) is 2.03. The second kappa shape index (κ2) is 4.86. The van der Waals surface area contributed by atoms with Gasteiger partial charge in [0.2, 0.25) is 0 Å². The van der Waals surface area contributed by atoms with E-state index in [2.05, 4.69) is 0 Å². The smallest absolute Gasteiger partial charge is 0.260 e. The molecule has 6 heteroatoms. The first-order valence-electron chi connectivity index (χ1n) is 6.31. The molecular formula is C14H14ClNO4. The van der Waals surface area contributed by atoms with E-state index in [0.717, 1.165) is 5.39 Å². The molecule has 1 aromatic heterocycles. The van der Waals surface area contributed by atoms with Crippen LogP contribution in [0.4, 0.5) is 0 Å². The van der Waals surface area contributed by atoms with Gasteiger partial charge in [-0.05, 0) is 36.6 Å². The third-order valence-electron chi connectivity index (χ3n) is 3.64. The van der Waals surface area contributed by atoms with Crippen LogP contribution in [0.5, 0.6) is 0 Å². The number of hydrogen-bond acceptors (Lipinski definition) is 4. The zero-order valence-corrected chi connectivity index (χ0v) is 11.5. The highest BCUT2D eigenvalue weighted by atomic mass is 35.5. The highest BCUT2D eigenvalue weighted by molar-refractivity contribution is 6.31. The minimum absolute atomic E-state index is 0.287. The van der Waals surface area contributed by atoms with Crippen molar-refractivity contribution >= 4 is 22.4 Å². The second-order valence-corrected chi connectivity index (χ2v) is 5.41. The molecule has 0 aliphatic carbocycles. The first-order valence-corrected chi connectivity index (χ1v) is 6.69. The van der Waals surface area contributed by atoms with Crippen LogP contribution < -0.4 is 5.56 Å². The number of hydrogen-bond donors (Lipinski definition) is 2. The number of fused-ring (bicyclic) bond motifs is 1. The number of pyridine rings is 1. The SMILES string of the molecule is CC1OC(n2ccc3cc(Cl)ccc3c2=O)C(O)C1O. The fraction of sp³-hybridized carbons (Fsp3) is 0.357. The predicted octanol–water partition coefficient (Wildman–Crippen LogP) is 1.29. The quantitative estimate of drug-likeness (QED) is 0.832. The Balaban J connectivity index is 2.12. The summed E-state index contributed by atoms with van der Waals surface area (Å²) in [6, 6.07) is 6.71. The molecule has 0 bridgehead atoms. The molecule has 1 saturated heterocycles. The van der Waals surface area contributed by atoms with E-state index < -0.39 is 24.5 Å². The van der Waals surface area contributed by atoms with Crippen LogP contribution in [-0.4, -0.2) is 33.1 Å². The summed E-state index contributed by atoms with van der Waals surface area (Å²) < 4.78 is 6.76. The van der Waals surface area contributed by atoms with E-state index in [1.54, 1.807) is 37.4 Å². The van der Waals surface area contributed by atoms with Gasteiger partial charge in [-0.3, -0.25) is 9.36 Å². The summed E-state index contributed by atoms with van der Waals surface area (Å²) in [4.78, 5) is 12.4. The average Bonchev–Trinajstić information content (AvgIpc) is 2.67. The standard InChI is InChI=1S/C14H14ClNO4/c1-7-11(17)12(18)14(20-7)16-5-4-8-6-9(15)2-3-10(8)13(16)19/h2-7,11-12,14,17-18H,1H3. The lowest BCUT2D eigenvalue weighted by Gasteiger charge is -2.18. The number of aromatic nitrogens is 1. The molecule has 20 heavy (non-hydrogen) atoms. The Bertz CT molecular complexity index is 714. The molecule has 4 unspecified atom stereocenters. The lowest BCUT2D eigenvalue weighted by molar-refractivity contribution is -0.0339. The first kappa shape index (κ1) is 13.6. The minimum atomic E-state index is -1.13. The Morgan fingerprint density at radius 3 is 2.65 bits per heavy atom. The number of halogens is 1. The first-order chi connectivity index (χ1) is 9.49. The fourth-order valence-electron chi connectivity index (χ4n) is 2.49. The van der Waals surface area contributed by atoms with Crippen LogP contribution in [0.25, 0.3) is 10.8 Å². The van der Waals surface area contributed by atoms with E-state index in [-0.39, 0.29) is 5.56 Å². The molecule has 0 saturated carbocycles. The number of nitrogens with zero attached hydrogens (tertiary/aromatic N) is 1. The van der Waals surface area contributed by atoms with Crippen LogP contribution in [-0.2, 0) is 4.74 Å². The van der Waals surface area contributed by atoms with Crippen LogP contribution in [0.15, 0.2) is 35.3 Å². The summed E-state index contributed by atoms with van der Waals surface area (Å²) in [7, 11) is 0. The third-order valence-corrected chi connectivity index (χ3v) is 3.88. The van der Waals surface area contributed by atoms with Gasteiger partial charge in [-0.15, -0.1) is 0 Å². The summed E-state index contributed by atoms with van der Waals surface area (Å²) in [5.74, 6) is 0. The summed E-state index contributed by atoms with van der Waals surface area (Å²) in [5, 5.41) is 21.5. The molecule has 4 atom stereocenters. The molecule has 3 rings (SSSR count).